The first-order valence-corrected chi connectivity index (χ1v) is 10.1. The van der Waals surface area contributed by atoms with Gasteiger partial charge in [0.2, 0.25) is 5.91 Å². The van der Waals surface area contributed by atoms with E-state index in [1.165, 1.54) is 11.0 Å². The lowest BCUT2D eigenvalue weighted by Gasteiger charge is -2.11. The molecule has 6 nitrogen and oxygen atoms in total. The lowest BCUT2D eigenvalue weighted by atomic mass is 10.2. The number of amides is 2. The number of carbonyl (C=O) groups excluding carboxylic acids is 2. The quantitative estimate of drug-likeness (QED) is 0.491. The van der Waals surface area contributed by atoms with E-state index < -0.39 is 0 Å². The number of hydrogen-bond donors (Lipinski definition) is 1. The topological polar surface area (TPSA) is 67.9 Å². The highest BCUT2D eigenvalue weighted by molar-refractivity contribution is 8.13. The fourth-order valence-electron chi connectivity index (χ4n) is 2.33. The van der Waals surface area contributed by atoms with E-state index in [9.17, 15) is 9.59 Å². The summed E-state index contributed by atoms with van der Waals surface area (Å²) < 4.78 is 11.1. The van der Waals surface area contributed by atoms with E-state index in [1.54, 1.807) is 44.4 Å². The standard InChI is InChI=1S/C22H26N2O4S/c1-5-27-19-13-7-16(15-20(19)28-6-2)8-14-21(25)23-17-9-11-18(12-10-17)29-22(26)24(3)4/h7-15H,5-6H2,1-4H3,(H,23,25)/b14-8+. The predicted molar refractivity (Wildman–Crippen MR) is 118 cm³/mol. The first-order chi connectivity index (χ1) is 13.9. The monoisotopic (exact) mass is 414 g/mol. The van der Waals surface area contributed by atoms with Crippen LogP contribution in [0.2, 0.25) is 0 Å². The zero-order chi connectivity index (χ0) is 21.2. The Morgan fingerprint density at radius 2 is 1.66 bits per heavy atom. The molecule has 29 heavy (non-hydrogen) atoms. The summed E-state index contributed by atoms with van der Waals surface area (Å²) in [6.45, 7) is 4.91. The van der Waals surface area contributed by atoms with Crippen molar-refractivity contribution in [3.05, 3.63) is 54.1 Å². The molecule has 0 aliphatic rings. The first-order valence-electron chi connectivity index (χ1n) is 9.30. The van der Waals surface area contributed by atoms with Crippen molar-refractivity contribution >= 4 is 34.7 Å². The highest BCUT2D eigenvalue weighted by Crippen LogP contribution is 2.29. The molecule has 0 aliphatic carbocycles. The van der Waals surface area contributed by atoms with Gasteiger partial charge in [-0.25, -0.2) is 0 Å². The average Bonchev–Trinajstić information content (AvgIpc) is 2.70. The van der Waals surface area contributed by atoms with Crippen molar-refractivity contribution in [1.29, 1.82) is 0 Å². The third-order valence-electron chi connectivity index (χ3n) is 3.69. The molecule has 0 unspecified atom stereocenters. The Morgan fingerprint density at radius 1 is 1.00 bits per heavy atom. The van der Waals surface area contributed by atoms with E-state index in [0.29, 0.717) is 30.4 Å². The van der Waals surface area contributed by atoms with Crippen molar-refractivity contribution in [2.75, 3.05) is 32.6 Å². The number of anilines is 1. The number of nitrogens with one attached hydrogen (secondary N) is 1. The van der Waals surface area contributed by atoms with Crippen LogP contribution in [0.15, 0.2) is 53.4 Å². The Bertz CT molecular complexity index is 864. The fourth-order valence-corrected chi connectivity index (χ4v) is 2.98. The van der Waals surface area contributed by atoms with Crippen LogP contribution in [0, 0.1) is 0 Å². The molecule has 0 saturated carbocycles. The summed E-state index contributed by atoms with van der Waals surface area (Å²) in [7, 11) is 3.41. The lowest BCUT2D eigenvalue weighted by Crippen LogP contribution is -2.16. The third kappa shape index (κ3) is 7.19. The van der Waals surface area contributed by atoms with Crippen LogP contribution in [0.5, 0.6) is 11.5 Å². The summed E-state index contributed by atoms with van der Waals surface area (Å²) in [6, 6.07) is 12.7. The van der Waals surface area contributed by atoms with E-state index in [0.717, 1.165) is 22.2 Å². The van der Waals surface area contributed by atoms with Crippen LogP contribution in [-0.2, 0) is 4.79 Å². The van der Waals surface area contributed by atoms with Gasteiger partial charge in [0.15, 0.2) is 11.5 Å². The van der Waals surface area contributed by atoms with Crippen molar-refractivity contribution in [1.82, 2.24) is 4.90 Å². The Labute approximate surface area is 175 Å². The Morgan fingerprint density at radius 3 is 2.28 bits per heavy atom. The van der Waals surface area contributed by atoms with Gasteiger partial charge < -0.3 is 19.7 Å². The van der Waals surface area contributed by atoms with Gasteiger partial charge in [0.05, 0.1) is 13.2 Å². The SMILES string of the molecule is CCOc1ccc(/C=C/C(=O)Nc2ccc(SC(=O)N(C)C)cc2)cc1OCC. The average molecular weight is 415 g/mol. The lowest BCUT2D eigenvalue weighted by molar-refractivity contribution is -0.111. The van der Waals surface area contributed by atoms with Crippen LogP contribution in [0.25, 0.3) is 6.08 Å². The number of ether oxygens (including phenoxy) is 2. The van der Waals surface area contributed by atoms with Crippen LogP contribution in [0.3, 0.4) is 0 Å². The number of nitrogens with zero attached hydrogens (tertiary/aromatic N) is 1. The summed E-state index contributed by atoms with van der Waals surface area (Å²) in [6.07, 6.45) is 3.18. The molecule has 0 atom stereocenters. The van der Waals surface area contributed by atoms with Crippen molar-refractivity contribution in [3.8, 4) is 11.5 Å². The van der Waals surface area contributed by atoms with Gasteiger partial charge in [0.25, 0.3) is 5.24 Å². The minimum atomic E-state index is -0.249. The molecule has 0 aliphatic heterocycles. The molecule has 2 rings (SSSR count). The van der Waals surface area contributed by atoms with Crippen molar-refractivity contribution < 1.29 is 19.1 Å². The molecule has 0 spiro atoms. The predicted octanol–water partition coefficient (Wildman–Crippen LogP) is 4.91. The summed E-state index contributed by atoms with van der Waals surface area (Å²) in [5.41, 5.74) is 1.49. The zero-order valence-electron chi connectivity index (χ0n) is 17.1. The highest BCUT2D eigenvalue weighted by atomic mass is 32.2. The van der Waals surface area contributed by atoms with Crippen LogP contribution >= 0.6 is 11.8 Å². The normalized spacial score (nSPS) is 10.6. The number of carbonyl (C=O) groups is 2. The summed E-state index contributed by atoms with van der Waals surface area (Å²) in [5.74, 6) is 1.08. The van der Waals surface area contributed by atoms with Crippen molar-refractivity contribution in [2.24, 2.45) is 0 Å². The molecule has 2 amide bonds. The van der Waals surface area contributed by atoms with Crippen LogP contribution in [0.4, 0.5) is 10.5 Å². The second kappa shape index (κ2) is 11.2. The number of rotatable bonds is 8. The molecule has 0 radical (unpaired) electrons. The number of benzene rings is 2. The van der Waals surface area contributed by atoms with Crippen molar-refractivity contribution in [3.63, 3.8) is 0 Å². The summed E-state index contributed by atoms with van der Waals surface area (Å²) in [5, 5.41) is 2.75. The molecule has 0 bridgehead atoms. The minimum absolute atomic E-state index is 0.0495. The smallest absolute Gasteiger partial charge is 0.285 e. The van der Waals surface area contributed by atoms with Crippen molar-refractivity contribution in [2.45, 2.75) is 18.7 Å². The summed E-state index contributed by atoms with van der Waals surface area (Å²) >= 11 is 1.13. The molecule has 1 N–H and O–H groups in total. The van der Waals surface area contributed by atoms with Gasteiger partial charge in [-0.05, 0) is 73.6 Å². The minimum Gasteiger partial charge on any atom is -0.490 e. The molecule has 7 heteroatoms. The zero-order valence-corrected chi connectivity index (χ0v) is 17.9. The molecular weight excluding hydrogens is 388 g/mol. The van der Waals surface area contributed by atoms with Crippen LogP contribution in [0.1, 0.15) is 19.4 Å². The molecule has 2 aromatic carbocycles. The second-order valence-electron chi connectivity index (χ2n) is 6.18. The van der Waals surface area contributed by atoms with Gasteiger partial charge in [0, 0.05) is 30.8 Å². The van der Waals surface area contributed by atoms with E-state index in [-0.39, 0.29) is 11.1 Å². The first kappa shape index (κ1) is 22.4. The fraction of sp³-hybridized carbons (Fsp3) is 0.273. The highest BCUT2D eigenvalue weighted by Gasteiger charge is 2.07. The maximum atomic E-state index is 12.2. The second-order valence-corrected chi connectivity index (χ2v) is 7.21. The van der Waals surface area contributed by atoms with Crippen LogP contribution < -0.4 is 14.8 Å². The van der Waals surface area contributed by atoms with Gasteiger partial charge in [0.1, 0.15) is 0 Å². The van der Waals surface area contributed by atoms with Gasteiger partial charge >= 0.3 is 0 Å². The molecular formula is C22H26N2O4S. The number of hydrogen-bond acceptors (Lipinski definition) is 5. The Kier molecular flexibility index (Phi) is 8.61. The Balaban J connectivity index is 1.98. The van der Waals surface area contributed by atoms with E-state index >= 15 is 0 Å². The summed E-state index contributed by atoms with van der Waals surface area (Å²) in [4.78, 5) is 26.2. The maximum Gasteiger partial charge on any atom is 0.285 e. The largest absolute Gasteiger partial charge is 0.490 e. The molecule has 0 aromatic heterocycles. The van der Waals surface area contributed by atoms with Gasteiger partial charge in [-0.1, -0.05) is 6.07 Å². The molecule has 154 valence electrons. The van der Waals surface area contributed by atoms with Crippen LogP contribution in [-0.4, -0.2) is 43.4 Å². The molecule has 0 saturated heterocycles. The maximum absolute atomic E-state index is 12.2. The Hall–Kier alpha value is -2.93. The van der Waals surface area contributed by atoms with E-state index in [4.69, 9.17) is 9.47 Å². The molecule has 0 heterocycles. The van der Waals surface area contributed by atoms with Gasteiger partial charge in [-0.3, -0.25) is 9.59 Å². The molecule has 2 aromatic rings. The molecule has 0 fully saturated rings. The number of thioether (sulfide) groups is 1. The van der Waals surface area contributed by atoms with Gasteiger partial charge in [-0.15, -0.1) is 0 Å². The third-order valence-corrected chi connectivity index (χ3v) is 4.73. The van der Waals surface area contributed by atoms with E-state index in [2.05, 4.69) is 5.32 Å². The van der Waals surface area contributed by atoms with E-state index in [1.807, 2.05) is 32.0 Å². The van der Waals surface area contributed by atoms with Gasteiger partial charge in [-0.2, -0.15) is 0 Å².